The number of rotatable bonds is 0. The highest BCUT2D eigenvalue weighted by Gasteiger charge is 2.00. The van der Waals surface area contributed by atoms with E-state index in [1.807, 2.05) is 6.92 Å². The first-order chi connectivity index (χ1) is 3.79. The Hall–Kier alpha value is -0.790. The molecule has 0 amide bonds. The number of hydrogen-bond donors (Lipinski definition) is 1. The van der Waals surface area contributed by atoms with Crippen LogP contribution in [0.1, 0.15) is 13.3 Å². The van der Waals surface area contributed by atoms with E-state index in [9.17, 15) is 0 Å². The van der Waals surface area contributed by atoms with Crippen LogP contribution in [0, 0.1) is 0 Å². The summed E-state index contributed by atoms with van der Waals surface area (Å²) >= 11 is 0. The number of hydrogen-bond acceptors (Lipinski definition) is 2. The van der Waals surface area contributed by atoms with Gasteiger partial charge in [0.25, 0.3) is 0 Å². The topological polar surface area (TPSA) is 32.6 Å². The van der Waals surface area contributed by atoms with E-state index < -0.39 is 0 Å². The Kier molecular flexibility index (Phi) is 1.33. The molecule has 1 rings (SSSR count). The standard InChI is InChI=1S/C6H9NO/c1-5-2-3-6(8)4-7-5/h3-5,8H,2H2,1H3. The summed E-state index contributed by atoms with van der Waals surface area (Å²) in [6.45, 7) is 2.01. The van der Waals surface area contributed by atoms with Gasteiger partial charge in [-0.1, -0.05) is 0 Å². The van der Waals surface area contributed by atoms with Crippen molar-refractivity contribution < 1.29 is 5.11 Å². The average Bonchev–Trinajstić information content (AvgIpc) is 1.77. The molecule has 0 radical (unpaired) electrons. The summed E-state index contributed by atoms with van der Waals surface area (Å²) in [7, 11) is 0. The van der Waals surface area contributed by atoms with Crippen molar-refractivity contribution >= 4 is 6.21 Å². The molecule has 1 aliphatic heterocycles. The van der Waals surface area contributed by atoms with Gasteiger partial charge in [0.15, 0.2) is 0 Å². The van der Waals surface area contributed by atoms with Gasteiger partial charge in [-0.05, 0) is 19.4 Å². The van der Waals surface area contributed by atoms with Gasteiger partial charge in [-0.2, -0.15) is 0 Å². The van der Waals surface area contributed by atoms with Gasteiger partial charge in [-0.25, -0.2) is 0 Å². The number of allylic oxidation sites excluding steroid dienone is 1. The zero-order chi connectivity index (χ0) is 5.98. The molecule has 0 bridgehead atoms. The highest BCUT2D eigenvalue weighted by atomic mass is 16.3. The van der Waals surface area contributed by atoms with Gasteiger partial charge in [0.1, 0.15) is 5.76 Å². The van der Waals surface area contributed by atoms with Gasteiger partial charge in [0.2, 0.25) is 0 Å². The smallest absolute Gasteiger partial charge is 0.129 e. The highest BCUT2D eigenvalue weighted by molar-refractivity contribution is 5.76. The predicted molar refractivity (Wildman–Crippen MR) is 33.3 cm³/mol. The van der Waals surface area contributed by atoms with E-state index >= 15 is 0 Å². The largest absolute Gasteiger partial charge is 0.507 e. The van der Waals surface area contributed by atoms with Crippen molar-refractivity contribution in [3.05, 3.63) is 11.8 Å². The Morgan fingerprint density at radius 2 is 2.62 bits per heavy atom. The third-order valence-corrected chi connectivity index (χ3v) is 1.13. The van der Waals surface area contributed by atoms with Crippen LogP contribution in [0.25, 0.3) is 0 Å². The lowest BCUT2D eigenvalue weighted by Crippen LogP contribution is -2.02. The molecular formula is C6H9NO. The Labute approximate surface area is 48.6 Å². The van der Waals surface area contributed by atoms with E-state index in [1.54, 1.807) is 6.08 Å². The fourth-order valence-electron chi connectivity index (χ4n) is 0.608. The van der Waals surface area contributed by atoms with E-state index in [1.165, 1.54) is 6.21 Å². The Morgan fingerprint density at radius 1 is 1.88 bits per heavy atom. The van der Waals surface area contributed by atoms with Gasteiger partial charge in [-0.15, -0.1) is 0 Å². The van der Waals surface area contributed by atoms with Crippen LogP contribution in [0.15, 0.2) is 16.8 Å². The monoisotopic (exact) mass is 111 g/mol. The molecule has 1 heterocycles. The minimum absolute atomic E-state index is 0.295. The molecule has 2 nitrogen and oxygen atoms in total. The molecule has 0 aromatic carbocycles. The summed E-state index contributed by atoms with van der Waals surface area (Å²) in [5.74, 6) is 0.295. The summed E-state index contributed by atoms with van der Waals surface area (Å²) < 4.78 is 0. The van der Waals surface area contributed by atoms with Crippen LogP contribution < -0.4 is 0 Å². The molecule has 44 valence electrons. The molecule has 0 aromatic heterocycles. The number of aliphatic hydroxyl groups excluding tert-OH is 1. The first kappa shape index (κ1) is 5.35. The van der Waals surface area contributed by atoms with Crippen LogP contribution in [0.3, 0.4) is 0 Å². The molecule has 0 spiro atoms. The average molecular weight is 111 g/mol. The zero-order valence-corrected chi connectivity index (χ0v) is 4.83. The molecule has 0 saturated carbocycles. The summed E-state index contributed by atoms with van der Waals surface area (Å²) in [6, 6.07) is 0.353. The fourth-order valence-corrected chi connectivity index (χ4v) is 0.608. The minimum atomic E-state index is 0.295. The van der Waals surface area contributed by atoms with Crippen LogP contribution >= 0.6 is 0 Å². The maximum absolute atomic E-state index is 8.74. The van der Waals surface area contributed by atoms with Crippen LogP contribution in [-0.4, -0.2) is 17.4 Å². The van der Waals surface area contributed by atoms with Gasteiger partial charge in [0.05, 0.1) is 12.3 Å². The van der Waals surface area contributed by atoms with E-state index in [-0.39, 0.29) is 0 Å². The van der Waals surface area contributed by atoms with Crippen molar-refractivity contribution in [3.8, 4) is 0 Å². The number of aliphatic hydroxyl groups is 1. The summed E-state index contributed by atoms with van der Waals surface area (Å²) in [6.07, 6.45) is 4.13. The maximum Gasteiger partial charge on any atom is 0.129 e. The molecule has 8 heavy (non-hydrogen) atoms. The van der Waals surface area contributed by atoms with Crippen LogP contribution in [0.4, 0.5) is 0 Å². The first-order valence-corrected chi connectivity index (χ1v) is 2.71. The molecule has 0 aromatic rings. The van der Waals surface area contributed by atoms with Gasteiger partial charge < -0.3 is 5.11 Å². The molecule has 1 aliphatic rings. The third-order valence-electron chi connectivity index (χ3n) is 1.13. The van der Waals surface area contributed by atoms with Crippen molar-refractivity contribution in [1.82, 2.24) is 0 Å². The zero-order valence-electron chi connectivity index (χ0n) is 4.83. The van der Waals surface area contributed by atoms with Gasteiger partial charge >= 0.3 is 0 Å². The predicted octanol–water partition coefficient (Wildman–Crippen LogP) is 1.29. The first-order valence-electron chi connectivity index (χ1n) is 2.71. The molecular weight excluding hydrogens is 102 g/mol. The number of nitrogens with zero attached hydrogens (tertiary/aromatic N) is 1. The van der Waals surface area contributed by atoms with Crippen molar-refractivity contribution in [2.45, 2.75) is 19.4 Å². The van der Waals surface area contributed by atoms with Crippen LogP contribution in [0.2, 0.25) is 0 Å². The van der Waals surface area contributed by atoms with Crippen molar-refractivity contribution in [2.24, 2.45) is 4.99 Å². The quantitative estimate of drug-likeness (QED) is 0.502. The van der Waals surface area contributed by atoms with Crippen molar-refractivity contribution in [3.63, 3.8) is 0 Å². The molecule has 0 aliphatic carbocycles. The second-order valence-electron chi connectivity index (χ2n) is 1.99. The highest BCUT2D eigenvalue weighted by Crippen LogP contribution is 2.04. The second-order valence-corrected chi connectivity index (χ2v) is 1.99. The van der Waals surface area contributed by atoms with E-state index in [4.69, 9.17) is 5.11 Å². The lowest BCUT2D eigenvalue weighted by molar-refractivity contribution is 0.437. The van der Waals surface area contributed by atoms with Crippen molar-refractivity contribution in [2.75, 3.05) is 0 Å². The lowest BCUT2D eigenvalue weighted by Gasteiger charge is -2.05. The molecule has 0 saturated heterocycles. The van der Waals surface area contributed by atoms with E-state index in [2.05, 4.69) is 4.99 Å². The maximum atomic E-state index is 8.74. The fraction of sp³-hybridized carbons (Fsp3) is 0.500. The normalized spacial score (nSPS) is 27.6. The molecule has 1 atom stereocenters. The molecule has 1 unspecified atom stereocenters. The Bertz CT molecular complexity index is 137. The van der Waals surface area contributed by atoms with E-state index in [0.29, 0.717) is 11.8 Å². The van der Waals surface area contributed by atoms with Crippen LogP contribution in [0.5, 0.6) is 0 Å². The molecule has 2 heteroatoms. The summed E-state index contributed by atoms with van der Waals surface area (Å²) in [5.41, 5.74) is 0. The SMILES string of the molecule is CC1CC=C(O)C=N1. The number of aliphatic imine (C=N–C) groups is 1. The number of dihydropyridines is 1. The van der Waals surface area contributed by atoms with Crippen molar-refractivity contribution in [1.29, 1.82) is 0 Å². The Balaban J connectivity index is 2.58. The summed E-state index contributed by atoms with van der Waals surface area (Å²) in [4.78, 5) is 3.97. The second kappa shape index (κ2) is 1.99. The Morgan fingerprint density at radius 3 is 3.00 bits per heavy atom. The molecule has 0 fully saturated rings. The van der Waals surface area contributed by atoms with Gasteiger partial charge in [0, 0.05) is 0 Å². The molecule has 1 N–H and O–H groups in total. The minimum Gasteiger partial charge on any atom is -0.507 e. The van der Waals surface area contributed by atoms with Gasteiger partial charge in [-0.3, -0.25) is 4.99 Å². The van der Waals surface area contributed by atoms with Crippen LogP contribution in [-0.2, 0) is 0 Å². The van der Waals surface area contributed by atoms with E-state index in [0.717, 1.165) is 6.42 Å². The lowest BCUT2D eigenvalue weighted by atomic mass is 10.2. The third kappa shape index (κ3) is 1.09. The summed E-state index contributed by atoms with van der Waals surface area (Å²) in [5, 5.41) is 8.74.